The largest absolute Gasteiger partial charge is 0.466 e. The first kappa shape index (κ1) is 24.1. The first-order valence-corrected chi connectivity index (χ1v) is 12.3. The maximum absolute atomic E-state index is 13.5. The Hall–Kier alpha value is -2.99. The van der Waals surface area contributed by atoms with Gasteiger partial charge in [-0.2, -0.15) is 5.10 Å². The number of hydrogen-bond acceptors (Lipinski definition) is 5. The van der Waals surface area contributed by atoms with E-state index >= 15 is 0 Å². The summed E-state index contributed by atoms with van der Waals surface area (Å²) in [6.45, 7) is 10.2. The number of piperidine rings is 1. The molecule has 34 heavy (non-hydrogen) atoms. The van der Waals surface area contributed by atoms with E-state index in [1.165, 1.54) is 16.7 Å². The van der Waals surface area contributed by atoms with Crippen LogP contribution in [0.5, 0.6) is 0 Å². The van der Waals surface area contributed by atoms with Gasteiger partial charge in [-0.25, -0.2) is 5.01 Å². The first-order valence-electron chi connectivity index (χ1n) is 12.3. The highest BCUT2D eigenvalue weighted by Crippen LogP contribution is 2.35. The van der Waals surface area contributed by atoms with Gasteiger partial charge in [0.1, 0.15) is 0 Å². The molecule has 1 saturated heterocycles. The molecule has 1 amide bonds. The zero-order chi connectivity index (χ0) is 24.2. The molecule has 1 fully saturated rings. The second-order valence-electron chi connectivity index (χ2n) is 9.54. The fourth-order valence-corrected chi connectivity index (χ4v) is 4.95. The molecular formula is C28H35N3O3. The Morgan fingerprint density at radius 1 is 1.03 bits per heavy atom. The molecule has 0 aromatic heterocycles. The minimum atomic E-state index is -0.115. The van der Waals surface area contributed by atoms with Crippen LogP contribution in [-0.4, -0.2) is 53.7 Å². The minimum Gasteiger partial charge on any atom is -0.466 e. The van der Waals surface area contributed by atoms with E-state index in [-0.39, 0.29) is 23.8 Å². The van der Waals surface area contributed by atoms with Gasteiger partial charge in [0, 0.05) is 6.42 Å². The Morgan fingerprint density at radius 2 is 1.76 bits per heavy atom. The zero-order valence-corrected chi connectivity index (χ0v) is 20.7. The van der Waals surface area contributed by atoms with Gasteiger partial charge in [-0.05, 0) is 70.3 Å². The second kappa shape index (κ2) is 10.5. The lowest BCUT2D eigenvalue weighted by molar-refractivity contribution is -0.149. The average Bonchev–Trinajstić information content (AvgIpc) is 3.27. The fraction of sp³-hybridized carbons (Fsp3) is 0.464. The van der Waals surface area contributed by atoms with Crippen molar-refractivity contribution in [2.45, 2.75) is 53.0 Å². The van der Waals surface area contributed by atoms with E-state index in [1.807, 2.05) is 13.0 Å². The lowest BCUT2D eigenvalue weighted by atomic mass is 9.93. The summed E-state index contributed by atoms with van der Waals surface area (Å²) in [5.74, 6) is -0.176. The Bertz CT molecular complexity index is 1090. The van der Waals surface area contributed by atoms with Crippen molar-refractivity contribution >= 4 is 17.6 Å². The third-order valence-electron chi connectivity index (χ3n) is 6.88. The van der Waals surface area contributed by atoms with Crippen LogP contribution in [-0.2, 0) is 14.3 Å². The molecular weight excluding hydrogens is 426 g/mol. The number of esters is 1. The molecule has 0 bridgehead atoms. The zero-order valence-electron chi connectivity index (χ0n) is 20.7. The average molecular weight is 462 g/mol. The Morgan fingerprint density at radius 3 is 2.47 bits per heavy atom. The van der Waals surface area contributed by atoms with Crippen molar-refractivity contribution in [3.63, 3.8) is 0 Å². The predicted molar refractivity (Wildman–Crippen MR) is 134 cm³/mol. The number of carbonyl (C=O) groups is 2. The lowest BCUT2D eigenvalue weighted by Gasteiger charge is -2.32. The highest BCUT2D eigenvalue weighted by Gasteiger charge is 2.35. The van der Waals surface area contributed by atoms with E-state index in [0.29, 0.717) is 32.7 Å². The van der Waals surface area contributed by atoms with Crippen molar-refractivity contribution in [1.82, 2.24) is 9.91 Å². The van der Waals surface area contributed by atoms with Crippen LogP contribution < -0.4 is 0 Å². The number of amides is 1. The van der Waals surface area contributed by atoms with Crippen LogP contribution in [0.15, 0.2) is 47.6 Å². The summed E-state index contributed by atoms with van der Waals surface area (Å²) in [4.78, 5) is 27.7. The highest BCUT2D eigenvalue weighted by molar-refractivity contribution is 6.03. The maximum Gasteiger partial charge on any atom is 0.309 e. The van der Waals surface area contributed by atoms with Gasteiger partial charge in [-0.1, -0.05) is 53.6 Å². The van der Waals surface area contributed by atoms with Gasteiger partial charge in [0.05, 0.1) is 30.8 Å². The highest BCUT2D eigenvalue weighted by atomic mass is 16.5. The third kappa shape index (κ3) is 5.39. The molecule has 2 aliphatic heterocycles. The minimum absolute atomic E-state index is 0.00291. The van der Waals surface area contributed by atoms with Crippen molar-refractivity contribution < 1.29 is 14.3 Å². The molecule has 6 heteroatoms. The molecule has 0 spiro atoms. The fourth-order valence-electron chi connectivity index (χ4n) is 4.95. The van der Waals surface area contributed by atoms with Gasteiger partial charge in [0.15, 0.2) is 0 Å². The van der Waals surface area contributed by atoms with Gasteiger partial charge in [-0.15, -0.1) is 0 Å². The summed E-state index contributed by atoms with van der Waals surface area (Å²) in [6, 6.07) is 14.6. The van der Waals surface area contributed by atoms with Gasteiger partial charge < -0.3 is 4.74 Å². The van der Waals surface area contributed by atoms with Crippen LogP contribution >= 0.6 is 0 Å². The normalized spacial score (nSPS) is 19.2. The number of nitrogens with zero attached hydrogens (tertiary/aromatic N) is 3. The molecule has 0 aliphatic carbocycles. The molecule has 2 aromatic rings. The molecule has 0 saturated carbocycles. The molecule has 0 radical (unpaired) electrons. The van der Waals surface area contributed by atoms with Gasteiger partial charge >= 0.3 is 5.97 Å². The summed E-state index contributed by atoms with van der Waals surface area (Å²) in [5, 5.41) is 6.57. The van der Waals surface area contributed by atoms with Crippen LogP contribution in [0, 0.1) is 26.7 Å². The van der Waals surface area contributed by atoms with E-state index in [0.717, 1.165) is 29.7 Å². The molecule has 1 atom stereocenters. The molecule has 180 valence electrons. The van der Waals surface area contributed by atoms with Crippen LogP contribution in [0.4, 0.5) is 0 Å². The summed E-state index contributed by atoms with van der Waals surface area (Å²) in [6.07, 6.45) is 2.15. The number of likely N-dealkylation sites (tertiary alicyclic amines) is 1. The Kier molecular flexibility index (Phi) is 7.47. The molecule has 0 N–H and O–H groups in total. The van der Waals surface area contributed by atoms with Crippen LogP contribution in [0.1, 0.15) is 60.0 Å². The van der Waals surface area contributed by atoms with E-state index in [4.69, 9.17) is 9.84 Å². The number of rotatable bonds is 6. The third-order valence-corrected chi connectivity index (χ3v) is 6.88. The van der Waals surface area contributed by atoms with Gasteiger partial charge in [-0.3, -0.25) is 14.5 Å². The summed E-state index contributed by atoms with van der Waals surface area (Å²) < 4.78 is 5.17. The molecule has 6 nitrogen and oxygen atoms in total. The van der Waals surface area contributed by atoms with Crippen molar-refractivity contribution in [2.75, 3.05) is 26.2 Å². The number of ether oxygens (including phenoxy) is 1. The predicted octanol–water partition coefficient (Wildman–Crippen LogP) is 4.56. The van der Waals surface area contributed by atoms with Crippen molar-refractivity contribution in [3.8, 4) is 0 Å². The molecule has 0 unspecified atom stereocenters. The maximum atomic E-state index is 13.5. The molecule has 2 aromatic carbocycles. The van der Waals surface area contributed by atoms with E-state index in [1.54, 1.807) is 5.01 Å². The summed E-state index contributed by atoms with van der Waals surface area (Å²) in [7, 11) is 0. The van der Waals surface area contributed by atoms with E-state index in [9.17, 15) is 9.59 Å². The summed E-state index contributed by atoms with van der Waals surface area (Å²) >= 11 is 0. The van der Waals surface area contributed by atoms with Gasteiger partial charge in [0.2, 0.25) is 0 Å². The molecule has 2 aliphatic rings. The molecule has 4 rings (SSSR count). The van der Waals surface area contributed by atoms with Crippen molar-refractivity contribution in [3.05, 3.63) is 70.3 Å². The number of benzene rings is 2. The number of hydrazone groups is 1. The van der Waals surface area contributed by atoms with E-state index in [2.05, 4.69) is 62.1 Å². The number of carbonyl (C=O) groups excluding carboxylic acids is 2. The van der Waals surface area contributed by atoms with Crippen molar-refractivity contribution in [1.29, 1.82) is 0 Å². The molecule has 2 heterocycles. The van der Waals surface area contributed by atoms with Crippen LogP contribution in [0.25, 0.3) is 0 Å². The lowest BCUT2D eigenvalue weighted by Crippen LogP contribution is -2.43. The smallest absolute Gasteiger partial charge is 0.309 e. The first-order chi connectivity index (χ1) is 16.4. The summed E-state index contributed by atoms with van der Waals surface area (Å²) in [5.41, 5.74) is 6.70. The standard InChI is InChI=1S/C28H35N3O3/c1-5-34-28(33)22-11-13-30(14-12-22)18-27(32)31-26(24-16-20(3)9-10-21(24)4)17-25(29-31)23-8-6-7-19(2)15-23/h6-10,15-16,22,26H,5,11-14,17-18H2,1-4H3/t26-/m1/s1. The van der Waals surface area contributed by atoms with Gasteiger partial charge in [0.25, 0.3) is 5.91 Å². The van der Waals surface area contributed by atoms with Crippen LogP contribution in [0.2, 0.25) is 0 Å². The van der Waals surface area contributed by atoms with E-state index < -0.39 is 0 Å². The second-order valence-corrected chi connectivity index (χ2v) is 9.54. The number of aryl methyl sites for hydroxylation is 3. The van der Waals surface area contributed by atoms with Crippen molar-refractivity contribution in [2.24, 2.45) is 11.0 Å². The topological polar surface area (TPSA) is 62.2 Å². The quantitative estimate of drug-likeness (QED) is 0.592. The monoisotopic (exact) mass is 461 g/mol. The van der Waals surface area contributed by atoms with Crippen LogP contribution in [0.3, 0.4) is 0 Å². The number of hydrogen-bond donors (Lipinski definition) is 0. The SMILES string of the molecule is CCOC(=O)C1CCN(CC(=O)N2N=C(c3cccc(C)c3)C[C@@H]2c2cc(C)ccc2C)CC1. The Labute approximate surface area is 202 Å². The Balaban J connectivity index is 1.53.